The van der Waals surface area contributed by atoms with Gasteiger partial charge in [-0.05, 0) is 43.7 Å². The fourth-order valence-electron chi connectivity index (χ4n) is 3.34. The van der Waals surface area contributed by atoms with Gasteiger partial charge in [0.2, 0.25) is 28.6 Å². The Hall–Kier alpha value is -2.79. The monoisotopic (exact) mass is 539 g/mol. The molecular formula is C22H26BrN3O6S. The first kappa shape index (κ1) is 24.8. The minimum atomic E-state index is -3.81. The van der Waals surface area contributed by atoms with Crippen LogP contribution in [0.3, 0.4) is 0 Å². The van der Waals surface area contributed by atoms with E-state index < -0.39 is 28.5 Å². The van der Waals surface area contributed by atoms with Crippen molar-refractivity contribution in [2.24, 2.45) is 0 Å². The zero-order chi connectivity index (χ0) is 24.2. The molecule has 1 N–H and O–H groups in total. The van der Waals surface area contributed by atoms with Crippen molar-refractivity contribution >= 4 is 43.5 Å². The van der Waals surface area contributed by atoms with Gasteiger partial charge < -0.3 is 19.7 Å². The van der Waals surface area contributed by atoms with Crippen LogP contribution in [0.5, 0.6) is 11.5 Å². The lowest BCUT2D eigenvalue weighted by atomic mass is 10.1. The van der Waals surface area contributed by atoms with Gasteiger partial charge in [-0.15, -0.1) is 0 Å². The van der Waals surface area contributed by atoms with E-state index in [1.54, 1.807) is 19.1 Å². The Balaban J connectivity index is 1.93. The fourth-order valence-corrected chi connectivity index (χ4v) is 4.66. The van der Waals surface area contributed by atoms with Crippen LogP contribution in [-0.4, -0.2) is 57.3 Å². The van der Waals surface area contributed by atoms with Gasteiger partial charge in [0.05, 0.1) is 11.4 Å². The van der Waals surface area contributed by atoms with Gasteiger partial charge in [0, 0.05) is 24.1 Å². The molecule has 0 aromatic heterocycles. The summed E-state index contributed by atoms with van der Waals surface area (Å²) in [6.07, 6.45) is 0. The number of sulfonamides is 1. The van der Waals surface area contributed by atoms with Crippen molar-refractivity contribution in [3.8, 4) is 11.5 Å². The van der Waals surface area contributed by atoms with Crippen molar-refractivity contribution in [2.75, 3.05) is 30.4 Å². The van der Waals surface area contributed by atoms with E-state index in [-0.39, 0.29) is 30.7 Å². The molecule has 1 aliphatic heterocycles. The van der Waals surface area contributed by atoms with Crippen molar-refractivity contribution in [3.63, 3.8) is 0 Å². The van der Waals surface area contributed by atoms with E-state index in [0.29, 0.717) is 11.5 Å². The zero-order valence-corrected chi connectivity index (χ0v) is 21.0. The number of nitrogens with zero attached hydrogens (tertiary/aromatic N) is 2. The summed E-state index contributed by atoms with van der Waals surface area (Å²) in [5.41, 5.74) is 1.08. The number of halogens is 1. The van der Waals surface area contributed by atoms with Gasteiger partial charge in [0.1, 0.15) is 12.6 Å². The molecule has 33 heavy (non-hydrogen) atoms. The van der Waals surface area contributed by atoms with Gasteiger partial charge in [0.25, 0.3) is 0 Å². The Morgan fingerprint density at radius 3 is 2.42 bits per heavy atom. The Bertz CT molecular complexity index is 1120. The van der Waals surface area contributed by atoms with Crippen LogP contribution >= 0.6 is 15.9 Å². The Morgan fingerprint density at radius 1 is 1.12 bits per heavy atom. The molecule has 2 aromatic rings. The van der Waals surface area contributed by atoms with Crippen molar-refractivity contribution in [1.29, 1.82) is 0 Å². The lowest BCUT2D eigenvalue weighted by molar-refractivity contribution is -0.139. The Kier molecular flexibility index (Phi) is 7.85. The van der Waals surface area contributed by atoms with Gasteiger partial charge in [-0.2, -0.15) is 0 Å². The molecule has 1 heterocycles. The fraction of sp³-hybridized carbons (Fsp3) is 0.364. The van der Waals surface area contributed by atoms with Crippen LogP contribution in [0.4, 0.5) is 5.69 Å². The van der Waals surface area contributed by atoms with Crippen LogP contribution in [-0.2, 0) is 26.2 Å². The highest BCUT2D eigenvalue weighted by Crippen LogP contribution is 2.36. The average Bonchev–Trinajstić information content (AvgIpc) is 3.28. The highest BCUT2D eigenvalue weighted by molar-refractivity contribution is 9.10. The number of nitrogens with one attached hydrogen (secondary N) is 1. The molecule has 0 unspecified atom stereocenters. The minimum Gasteiger partial charge on any atom is -0.454 e. The Morgan fingerprint density at radius 2 is 1.79 bits per heavy atom. The number of carbonyl (C=O) groups is 2. The summed E-state index contributed by atoms with van der Waals surface area (Å²) < 4.78 is 38.4. The molecule has 0 saturated heterocycles. The summed E-state index contributed by atoms with van der Waals surface area (Å²) in [4.78, 5) is 27.2. The number of ether oxygens (including phenoxy) is 2. The van der Waals surface area contributed by atoms with E-state index in [4.69, 9.17) is 9.47 Å². The maximum atomic E-state index is 13.4. The van der Waals surface area contributed by atoms with E-state index in [9.17, 15) is 18.0 Å². The molecular weight excluding hydrogens is 514 g/mol. The smallest absolute Gasteiger partial charge is 0.244 e. The van der Waals surface area contributed by atoms with Crippen LogP contribution in [0.15, 0.2) is 46.9 Å². The molecule has 0 radical (unpaired) electrons. The highest BCUT2D eigenvalue weighted by atomic mass is 79.9. The topological polar surface area (TPSA) is 105 Å². The van der Waals surface area contributed by atoms with E-state index in [2.05, 4.69) is 21.2 Å². The number of carbonyl (C=O) groups excluding carboxylic acids is 2. The molecule has 0 fully saturated rings. The average molecular weight is 540 g/mol. The van der Waals surface area contributed by atoms with Crippen molar-refractivity contribution in [2.45, 2.75) is 26.4 Å². The van der Waals surface area contributed by atoms with Gasteiger partial charge in [-0.3, -0.25) is 13.9 Å². The minimum absolute atomic E-state index is 0.0445. The summed E-state index contributed by atoms with van der Waals surface area (Å²) in [5, 5.41) is 2.55. The number of benzene rings is 2. The number of anilines is 1. The number of likely N-dealkylation sites (N-methyl/N-ethyl adjacent to an activating group) is 1. The second-order valence-electron chi connectivity index (χ2n) is 7.38. The maximum Gasteiger partial charge on any atom is 0.244 e. The number of hydrogen-bond acceptors (Lipinski definition) is 6. The lowest BCUT2D eigenvalue weighted by Crippen LogP contribution is -2.50. The van der Waals surface area contributed by atoms with E-state index in [0.717, 1.165) is 14.3 Å². The number of fused-ring (bicyclic) bond motifs is 1. The van der Waals surface area contributed by atoms with Crippen LogP contribution in [0.2, 0.25) is 0 Å². The SMILES string of the molecule is CCS(=O)(=O)N(CC(=O)N(Cc1ccc(Br)cc1)[C@H](C)C(=O)NC)c1ccc2c(c1)OCO2. The van der Waals surface area contributed by atoms with Gasteiger partial charge in [-0.1, -0.05) is 28.1 Å². The molecule has 3 rings (SSSR count). The molecule has 1 atom stereocenters. The Labute approximate surface area is 201 Å². The van der Waals surface area contributed by atoms with Gasteiger partial charge in [-0.25, -0.2) is 8.42 Å². The third-order valence-corrected chi connectivity index (χ3v) is 7.57. The van der Waals surface area contributed by atoms with E-state index >= 15 is 0 Å². The number of rotatable bonds is 9. The summed E-state index contributed by atoms with van der Waals surface area (Å²) in [6.45, 7) is 2.83. The molecule has 178 valence electrons. The largest absolute Gasteiger partial charge is 0.454 e. The maximum absolute atomic E-state index is 13.4. The molecule has 2 aromatic carbocycles. The van der Waals surface area contributed by atoms with Gasteiger partial charge in [0.15, 0.2) is 11.5 Å². The van der Waals surface area contributed by atoms with Crippen molar-refractivity contribution < 1.29 is 27.5 Å². The van der Waals surface area contributed by atoms with Crippen LogP contribution in [0, 0.1) is 0 Å². The molecule has 9 nitrogen and oxygen atoms in total. The second-order valence-corrected chi connectivity index (χ2v) is 10.5. The van der Waals surface area contributed by atoms with Crippen molar-refractivity contribution in [3.05, 3.63) is 52.5 Å². The predicted octanol–water partition coefficient (Wildman–Crippen LogP) is 2.50. The number of hydrogen-bond donors (Lipinski definition) is 1. The molecule has 1 aliphatic rings. The standard InChI is InChI=1S/C22H26BrN3O6S/c1-4-33(29,30)26(18-9-10-19-20(11-18)32-14-31-19)13-21(27)25(15(2)22(28)24-3)12-16-5-7-17(23)8-6-16/h5-11,15H,4,12-14H2,1-3H3,(H,24,28)/t15-/m1/s1. The third kappa shape index (κ3) is 5.77. The first-order valence-electron chi connectivity index (χ1n) is 10.3. The first-order valence-corrected chi connectivity index (χ1v) is 12.7. The first-order chi connectivity index (χ1) is 15.7. The molecule has 0 spiro atoms. The van der Waals surface area contributed by atoms with E-state index in [1.165, 1.54) is 24.9 Å². The normalized spacial score (nSPS) is 13.3. The summed E-state index contributed by atoms with van der Waals surface area (Å²) >= 11 is 3.38. The van der Waals surface area contributed by atoms with E-state index in [1.807, 2.05) is 24.3 Å². The molecule has 0 bridgehead atoms. The van der Waals surface area contributed by atoms with Crippen molar-refractivity contribution in [1.82, 2.24) is 10.2 Å². The predicted molar refractivity (Wildman–Crippen MR) is 128 cm³/mol. The van der Waals surface area contributed by atoms with Crippen LogP contribution in [0.25, 0.3) is 0 Å². The highest BCUT2D eigenvalue weighted by Gasteiger charge is 2.31. The third-order valence-electron chi connectivity index (χ3n) is 5.30. The second kappa shape index (κ2) is 10.4. The van der Waals surface area contributed by atoms with Crippen LogP contribution < -0.4 is 19.1 Å². The zero-order valence-electron chi connectivity index (χ0n) is 18.6. The molecule has 0 aliphatic carbocycles. The summed E-state index contributed by atoms with van der Waals surface area (Å²) in [7, 11) is -2.32. The molecule has 11 heteroatoms. The molecule has 2 amide bonds. The quantitative estimate of drug-likeness (QED) is 0.524. The molecule has 0 saturated carbocycles. The number of amides is 2. The lowest BCUT2D eigenvalue weighted by Gasteiger charge is -2.31. The van der Waals surface area contributed by atoms with Crippen LogP contribution in [0.1, 0.15) is 19.4 Å². The van der Waals surface area contributed by atoms with Gasteiger partial charge >= 0.3 is 0 Å². The summed E-state index contributed by atoms with van der Waals surface area (Å²) in [5.74, 6) is -0.158. The summed E-state index contributed by atoms with van der Waals surface area (Å²) in [6, 6.07) is 11.2.